The molecule has 0 aliphatic carbocycles. The largest absolute Gasteiger partial charge is 0.440 e. The molecule has 2 heterocycles. The summed E-state index contributed by atoms with van der Waals surface area (Å²) in [6.45, 7) is 1.91. The SMILES string of the molecule is Cc1ccc(F)cc1Oc1cc2ccnc(Cc3ccccc3)c2n1-c1ccccc1. The molecule has 3 aromatic carbocycles. The zero-order valence-electron chi connectivity index (χ0n) is 17.1. The Balaban J connectivity index is 1.70. The maximum absolute atomic E-state index is 13.9. The number of aromatic nitrogens is 2. The van der Waals surface area contributed by atoms with Gasteiger partial charge in [-0.2, -0.15) is 0 Å². The normalized spacial score (nSPS) is 11.0. The fourth-order valence-corrected chi connectivity index (χ4v) is 3.82. The Morgan fingerprint density at radius 3 is 2.39 bits per heavy atom. The highest BCUT2D eigenvalue weighted by Gasteiger charge is 2.17. The molecular formula is C27H21FN2O. The molecule has 0 saturated heterocycles. The van der Waals surface area contributed by atoms with Crippen molar-refractivity contribution >= 4 is 10.9 Å². The summed E-state index contributed by atoms with van der Waals surface area (Å²) in [5, 5.41) is 1.02. The van der Waals surface area contributed by atoms with E-state index in [1.54, 1.807) is 6.07 Å². The molecule has 152 valence electrons. The van der Waals surface area contributed by atoms with Gasteiger partial charge in [-0.25, -0.2) is 4.39 Å². The van der Waals surface area contributed by atoms with Gasteiger partial charge in [0.1, 0.15) is 11.6 Å². The molecule has 3 nitrogen and oxygen atoms in total. The van der Waals surface area contributed by atoms with Crippen LogP contribution in [-0.4, -0.2) is 9.55 Å². The molecule has 0 radical (unpaired) electrons. The van der Waals surface area contributed by atoms with E-state index < -0.39 is 0 Å². The smallest absolute Gasteiger partial charge is 0.205 e. The van der Waals surface area contributed by atoms with Crippen LogP contribution >= 0.6 is 0 Å². The van der Waals surface area contributed by atoms with Crippen LogP contribution in [0.4, 0.5) is 4.39 Å². The van der Waals surface area contributed by atoms with Crippen LogP contribution in [0.15, 0.2) is 97.2 Å². The summed E-state index contributed by atoms with van der Waals surface area (Å²) >= 11 is 0. The molecule has 0 unspecified atom stereocenters. The summed E-state index contributed by atoms with van der Waals surface area (Å²) in [5.41, 5.74) is 4.96. The van der Waals surface area contributed by atoms with Crippen molar-refractivity contribution in [1.82, 2.24) is 9.55 Å². The van der Waals surface area contributed by atoms with Crippen molar-refractivity contribution in [3.05, 3.63) is 120 Å². The van der Waals surface area contributed by atoms with Gasteiger partial charge in [0.25, 0.3) is 0 Å². The zero-order valence-corrected chi connectivity index (χ0v) is 17.1. The topological polar surface area (TPSA) is 27.1 Å². The molecule has 0 aliphatic heterocycles. The van der Waals surface area contributed by atoms with E-state index in [4.69, 9.17) is 9.72 Å². The lowest BCUT2D eigenvalue weighted by Gasteiger charge is -2.14. The van der Waals surface area contributed by atoms with Crippen LogP contribution < -0.4 is 4.74 Å². The Bertz CT molecular complexity index is 1340. The van der Waals surface area contributed by atoms with Gasteiger partial charge in [-0.3, -0.25) is 9.55 Å². The number of ether oxygens (including phenoxy) is 1. The van der Waals surface area contributed by atoms with Crippen molar-refractivity contribution in [3.63, 3.8) is 0 Å². The van der Waals surface area contributed by atoms with Gasteiger partial charge < -0.3 is 4.74 Å². The third kappa shape index (κ3) is 3.80. The van der Waals surface area contributed by atoms with E-state index in [-0.39, 0.29) is 5.82 Å². The molecule has 2 aromatic heterocycles. The molecule has 0 atom stereocenters. The van der Waals surface area contributed by atoms with Gasteiger partial charge >= 0.3 is 0 Å². The van der Waals surface area contributed by atoms with E-state index in [2.05, 4.69) is 16.7 Å². The van der Waals surface area contributed by atoms with Crippen molar-refractivity contribution in [3.8, 4) is 17.3 Å². The summed E-state index contributed by atoms with van der Waals surface area (Å²) in [6, 6.07) is 28.9. The molecule has 0 spiro atoms. The second-order valence-corrected chi connectivity index (χ2v) is 7.52. The second-order valence-electron chi connectivity index (χ2n) is 7.52. The average Bonchev–Trinajstić information content (AvgIpc) is 3.16. The maximum Gasteiger partial charge on any atom is 0.205 e. The first kappa shape index (κ1) is 19.1. The van der Waals surface area contributed by atoms with Crippen molar-refractivity contribution in [2.24, 2.45) is 0 Å². The van der Waals surface area contributed by atoms with Crippen LogP contribution in [-0.2, 0) is 6.42 Å². The van der Waals surface area contributed by atoms with Gasteiger partial charge in [-0.05, 0) is 42.3 Å². The first-order chi connectivity index (χ1) is 15.2. The van der Waals surface area contributed by atoms with Crippen LogP contribution in [0.1, 0.15) is 16.8 Å². The lowest BCUT2D eigenvalue weighted by Crippen LogP contribution is -2.02. The van der Waals surface area contributed by atoms with E-state index in [1.807, 2.05) is 73.8 Å². The predicted octanol–water partition coefficient (Wildman–Crippen LogP) is 6.86. The molecule has 5 aromatic rings. The Kier molecular flexibility index (Phi) is 4.97. The minimum absolute atomic E-state index is 0.325. The van der Waals surface area contributed by atoms with E-state index >= 15 is 0 Å². The number of aryl methyl sites for hydroxylation is 1. The van der Waals surface area contributed by atoms with E-state index in [0.29, 0.717) is 18.1 Å². The molecule has 5 rings (SSSR count). The third-order valence-corrected chi connectivity index (χ3v) is 5.35. The maximum atomic E-state index is 13.9. The summed E-state index contributed by atoms with van der Waals surface area (Å²) < 4.78 is 22.2. The van der Waals surface area contributed by atoms with Crippen molar-refractivity contribution in [2.75, 3.05) is 0 Å². The predicted molar refractivity (Wildman–Crippen MR) is 122 cm³/mol. The molecule has 0 amide bonds. The quantitative estimate of drug-likeness (QED) is 0.318. The van der Waals surface area contributed by atoms with Crippen LogP contribution in [0, 0.1) is 12.7 Å². The molecule has 31 heavy (non-hydrogen) atoms. The molecule has 0 fully saturated rings. The zero-order chi connectivity index (χ0) is 21.2. The number of hydrogen-bond acceptors (Lipinski definition) is 2. The summed E-state index contributed by atoms with van der Waals surface area (Å²) in [7, 11) is 0. The molecule has 0 saturated carbocycles. The number of halogens is 1. The number of pyridine rings is 1. The number of rotatable bonds is 5. The molecule has 0 aliphatic rings. The standard InChI is InChI=1S/C27H21FN2O/c1-19-12-13-22(28)18-25(19)31-26-17-21-14-15-29-24(16-20-8-4-2-5-9-20)27(21)30(26)23-10-6-3-7-11-23/h2-15,17-18H,16H2,1H3. The lowest BCUT2D eigenvalue weighted by molar-refractivity contribution is 0.447. The summed E-state index contributed by atoms with van der Waals surface area (Å²) in [6.07, 6.45) is 2.53. The first-order valence-corrected chi connectivity index (χ1v) is 10.2. The molecule has 4 heteroatoms. The molecule has 0 bridgehead atoms. The number of para-hydroxylation sites is 1. The van der Waals surface area contributed by atoms with E-state index in [1.165, 1.54) is 17.7 Å². The second kappa shape index (κ2) is 8.07. The summed E-state index contributed by atoms with van der Waals surface area (Å²) in [5.74, 6) is 0.796. The highest BCUT2D eigenvalue weighted by Crippen LogP contribution is 2.35. The van der Waals surface area contributed by atoms with Crippen molar-refractivity contribution < 1.29 is 9.13 Å². The van der Waals surface area contributed by atoms with Gasteiger partial charge in [0, 0.05) is 35.8 Å². The average molecular weight is 408 g/mol. The van der Waals surface area contributed by atoms with Gasteiger partial charge in [0.15, 0.2) is 0 Å². The Morgan fingerprint density at radius 1 is 0.871 bits per heavy atom. The Morgan fingerprint density at radius 2 is 1.61 bits per heavy atom. The van der Waals surface area contributed by atoms with Gasteiger partial charge in [-0.1, -0.05) is 54.6 Å². The van der Waals surface area contributed by atoms with Crippen LogP contribution in [0.25, 0.3) is 16.6 Å². The highest BCUT2D eigenvalue weighted by molar-refractivity contribution is 5.86. The fraction of sp³-hybridized carbons (Fsp3) is 0.0741. The van der Waals surface area contributed by atoms with Gasteiger partial charge in [-0.15, -0.1) is 0 Å². The van der Waals surface area contributed by atoms with E-state index in [9.17, 15) is 4.39 Å². The number of benzene rings is 3. The monoisotopic (exact) mass is 408 g/mol. The van der Waals surface area contributed by atoms with E-state index in [0.717, 1.165) is 27.8 Å². The van der Waals surface area contributed by atoms with Gasteiger partial charge in [0.2, 0.25) is 5.88 Å². The number of hydrogen-bond donors (Lipinski definition) is 0. The van der Waals surface area contributed by atoms with Crippen LogP contribution in [0.3, 0.4) is 0 Å². The molecule has 0 N–H and O–H groups in total. The Labute approximate surface area is 180 Å². The third-order valence-electron chi connectivity index (χ3n) is 5.35. The summed E-state index contributed by atoms with van der Waals surface area (Å²) in [4.78, 5) is 4.70. The Hall–Kier alpha value is -3.92. The number of nitrogens with zero attached hydrogens (tertiary/aromatic N) is 2. The molecular weight excluding hydrogens is 387 g/mol. The highest BCUT2D eigenvalue weighted by atomic mass is 19.1. The minimum atomic E-state index is -0.325. The first-order valence-electron chi connectivity index (χ1n) is 10.2. The fourth-order valence-electron chi connectivity index (χ4n) is 3.82. The van der Waals surface area contributed by atoms with Crippen LogP contribution in [0.5, 0.6) is 11.6 Å². The minimum Gasteiger partial charge on any atom is -0.440 e. The van der Waals surface area contributed by atoms with Crippen LogP contribution in [0.2, 0.25) is 0 Å². The van der Waals surface area contributed by atoms with Crippen molar-refractivity contribution in [1.29, 1.82) is 0 Å². The van der Waals surface area contributed by atoms with Crippen molar-refractivity contribution in [2.45, 2.75) is 13.3 Å². The lowest BCUT2D eigenvalue weighted by atomic mass is 10.1. The van der Waals surface area contributed by atoms with Gasteiger partial charge in [0.05, 0.1) is 11.2 Å². The number of fused-ring (bicyclic) bond motifs is 1.